The topological polar surface area (TPSA) is 66.4 Å². The minimum atomic E-state index is -3.88. The highest BCUT2D eigenvalue weighted by Gasteiger charge is 2.18. The van der Waals surface area contributed by atoms with Crippen molar-refractivity contribution in [2.75, 3.05) is 4.72 Å². The normalized spacial score (nSPS) is 11.3. The van der Waals surface area contributed by atoms with Gasteiger partial charge in [0.1, 0.15) is 11.6 Å². The van der Waals surface area contributed by atoms with Crippen molar-refractivity contribution in [2.24, 2.45) is 0 Å². The second-order valence-electron chi connectivity index (χ2n) is 4.18. The highest BCUT2D eigenvalue weighted by atomic mass is 35.5. The largest absolute Gasteiger partial charge is 0.508 e. The molecule has 0 atom stereocenters. The molecule has 2 aromatic carbocycles. The van der Waals surface area contributed by atoms with Crippen molar-refractivity contribution >= 4 is 27.3 Å². The number of hydrogen-bond donors (Lipinski definition) is 2. The van der Waals surface area contributed by atoms with Crippen LogP contribution in [-0.2, 0) is 10.0 Å². The second-order valence-corrected chi connectivity index (χ2v) is 6.24. The van der Waals surface area contributed by atoms with Gasteiger partial charge in [0.2, 0.25) is 0 Å². The highest BCUT2D eigenvalue weighted by Crippen LogP contribution is 2.28. The van der Waals surface area contributed by atoms with Crippen molar-refractivity contribution in [3.63, 3.8) is 0 Å². The van der Waals surface area contributed by atoms with E-state index in [2.05, 4.69) is 4.72 Å². The maximum absolute atomic E-state index is 13.0. The van der Waals surface area contributed by atoms with Crippen molar-refractivity contribution in [2.45, 2.75) is 11.8 Å². The van der Waals surface area contributed by atoms with Crippen molar-refractivity contribution < 1.29 is 17.9 Å². The van der Waals surface area contributed by atoms with Gasteiger partial charge >= 0.3 is 0 Å². The molecule has 2 aromatic rings. The van der Waals surface area contributed by atoms with Gasteiger partial charge in [-0.05, 0) is 42.8 Å². The first-order valence-corrected chi connectivity index (χ1v) is 7.43. The number of sulfonamides is 1. The molecule has 2 rings (SSSR count). The first kappa shape index (κ1) is 14.6. The maximum Gasteiger partial charge on any atom is 0.262 e. The molecule has 0 fully saturated rings. The number of rotatable bonds is 3. The van der Waals surface area contributed by atoms with E-state index < -0.39 is 15.8 Å². The molecule has 0 saturated heterocycles. The van der Waals surface area contributed by atoms with Gasteiger partial charge in [-0.15, -0.1) is 0 Å². The monoisotopic (exact) mass is 315 g/mol. The fourth-order valence-corrected chi connectivity index (χ4v) is 3.29. The summed E-state index contributed by atoms with van der Waals surface area (Å²) in [6.45, 7) is 1.50. The van der Waals surface area contributed by atoms with Crippen LogP contribution in [0.3, 0.4) is 0 Å². The standard InChI is InChI=1S/C13H11ClFNO3S/c1-8-6-9(15)2-5-13(8)20(18,19)16-12-4-3-10(17)7-11(12)14/h2-7,16-17H,1H3. The SMILES string of the molecule is Cc1cc(F)ccc1S(=O)(=O)Nc1ccc(O)cc1Cl. The van der Waals surface area contributed by atoms with Crippen LogP contribution < -0.4 is 4.72 Å². The number of aromatic hydroxyl groups is 1. The van der Waals surface area contributed by atoms with Crippen LogP contribution in [0.2, 0.25) is 5.02 Å². The predicted octanol–water partition coefficient (Wildman–Crippen LogP) is 3.29. The van der Waals surface area contributed by atoms with E-state index in [0.29, 0.717) is 0 Å². The van der Waals surface area contributed by atoms with Gasteiger partial charge in [0.25, 0.3) is 10.0 Å². The van der Waals surface area contributed by atoms with Crippen molar-refractivity contribution in [1.29, 1.82) is 0 Å². The van der Waals surface area contributed by atoms with Gasteiger partial charge in [-0.1, -0.05) is 11.6 Å². The Morgan fingerprint density at radius 1 is 1.20 bits per heavy atom. The highest BCUT2D eigenvalue weighted by molar-refractivity contribution is 7.92. The minimum absolute atomic E-state index is 0.0389. The van der Waals surface area contributed by atoms with Crippen LogP contribution >= 0.6 is 11.6 Å². The summed E-state index contributed by atoms with van der Waals surface area (Å²) in [5.41, 5.74) is 0.417. The molecule has 0 bridgehead atoms. The first-order chi connectivity index (χ1) is 9.29. The van der Waals surface area contributed by atoms with Gasteiger partial charge in [0, 0.05) is 6.07 Å². The summed E-state index contributed by atoms with van der Waals surface area (Å²) in [5.74, 6) is -0.583. The molecule has 0 aliphatic heterocycles. The molecule has 7 heteroatoms. The zero-order valence-electron chi connectivity index (χ0n) is 10.4. The third kappa shape index (κ3) is 3.02. The quantitative estimate of drug-likeness (QED) is 0.854. The molecule has 0 amide bonds. The van der Waals surface area contributed by atoms with Gasteiger partial charge in [-0.25, -0.2) is 12.8 Å². The van der Waals surface area contributed by atoms with E-state index in [-0.39, 0.29) is 26.9 Å². The molecule has 0 heterocycles. The van der Waals surface area contributed by atoms with Crippen LogP contribution in [0.4, 0.5) is 10.1 Å². The average molecular weight is 316 g/mol. The number of anilines is 1. The van der Waals surface area contributed by atoms with Gasteiger partial charge in [0.15, 0.2) is 0 Å². The summed E-state index contributed by atoms with van der Waals surface area (Å²) in [4.78, 5) is -0.0389. The zero-order chi connectivity index (χ0) is 14.9. The molecule has 0 aliphatic rings. The number of phenols is 1. The van der Waals surface area contributed by atoms with Crippen LogP contribution in [0.1, 0.15) is 5.56 Å². The Morgan fingerprint density at radius 2 is 1.90 bits per heavy atom. The van der Waals surface area contributed by atoms with Crippen LogP contribution in [0, 0.1) is 12.7 Å². The Balaban J connectivity index is 2.41. The van der Waals surface area contributed by atoms with E-state index in [9.17, 15) is 17.9 Å². The summed E-state index contributed by atoms with van der Waals surface area (Å²) in [6.07, 6.45) is 0. The third-order valence-electron chi connectivity index (χ3n) is 2.62. The number of benzene rings is 2. The van der Waals surface area contributed by atoms with Crippen molar-refractivity contribution in [3.05, 3.63) is 52.8 Å². The molecule has 0 unspecified atom stereocenters. The Bertz CT molecular complexity index is 762. The third-order valence-corrected chi connectivity index (χ3v) is 4.46. The lowest BCUT2D eigenvalue weighted by molar-refractivity contribution is 0.475. The lowest BCUT2D eigenvalue weighted by Gasteiger charge is -2.11. The zero-order valence-corrected chi connectivity index (χ0v) is 12.0. The Hall–Kier alpha value is -1.79. The Kier molecular flexibility index (Phi) is 3.87. The van der Waals surface area contributed by atoms with Crippen molar-refractivity contribution in [1.82, 2.24) is 0 Å². The van der Waals surface area contributed by atoms with E-state index in [4.69, 9.17) is 11.6 Å². The number of nitrogens with one attached hydrogen (secondary N) is 1. The summed E-state index contributed by atoms with van der Waals surface area (Å²) < 4.78 is 39.7. The van der Waals surface area contributed by atoms with Gasteiger partial charge < -0.3 is 5.11 Å². The van der Waals surface area contributed by atoms with E-state index in [1.807, 2.05) is 0 Å². The minimum Gasteiger partial charge on any atom is -0.508 e. The summed E-state index contributed by atoms with van der Waals surface area (Å²) >= 11 is 5.84. The lowest BCUT2D eigenvalue weighted by atomic mass is 10.2. The summed E-state index contributed by atoms with van der Waals surface area (Å²) in [6, 6.07) is 7.25. The van der Waals surface area contributed by atoms with E-state index in [0.717, 1.165) is 12.1 Å². The summed E-state index contributed by atoms with van der Waals surface area (Å²) in [7, 11) is -3.88. The van der Waals surface area contributed by atoms with Gasteiger partial charge in [-0.3, -0.25) is 4.72 Å². The number of phenolic OH excluding ortho intramolecular Hbond substituents is 1. The van der Waals surface area contributed by atoms with Crippen LogP contribution in [-0.4, -0.2) is 13.5 Å². The molecule has 4 nitrogen and oxygen atoms in total. The molecular weight excluding hydrogens is 305 g/mol. The fourth-order valence-electron chi connectivity index (χ4n) is 1.70. The first-order valence-electron chi connectivity index (χ1n) is 5.57. The van der Waals surface area contributed by atoms with Gasteiger partial charge in [0.05, 0.1) is 15.6 Å². The van der Waals surface area contributed by atoms with Crippen LogP contribution in [0.5, 0.6) is 5.75 Å². The lowest BCUT2D eigenvalue weighted by Crippen LogP contribution is -2.14. The van der Waals surface area contributed by atoms with Crippen LogP contribution in [0.15, 0.2) is 41.3 Å². The van der Waals surface area contributed by atoms with Crippen molar-refractivity contribution in [3.8, 4) is 5.75 Å². The molecule has 2 N–H and O–H groups in total. The Labute approximate surface area is 120 Å². The molecule has 106 valence electrons. The summed E-state index contributed by atoms with van der Waals surface area (Å²) in [5, 5.41) is 9.29. The Morgan fingerprint density at radius 3 is 2.50 bits per heavy atom. The molecule has 20 heavy (non-hydrogen) atoms. The average Bonchev–Trinajstić information content (AvgIpc) is 2.32. The fraction of sp³-hybridized carbons (Fsp3) is 0.0769. The van der Waals surface area contributed by atoms with E-state index >= 15 is 0 Å². The van der Waals surface area contributed by atoms with Gasteiger partial charge in [-0.2, -0.15) is 0 Å². The molecule has 0 aromatic heterocycles. The van der Waals surface area contributed by atoms with E-state index in [1.54, 1.807) is 0 Å². The number of aryl methyl sites for hydroxylation is 1. The number of hydrogen-bond acceptors (Lipinski definition) is 3. The molecular formula is C13H11ClFNO3S. The molecule has 0 spiro atoms. The smallest absolute Gasteiger partial charge is 0.262 e. The number of halogens is 2. The maximum atomic E-state index is 13.0. The second kappa shape index (κ2) is 5.30. The van der Waals surface area contributed by atoms with Crippen LogP contribution in [0.25, 0.3) is 0 Å². The molecule has 0 radical (unpaired) electrons. The molecule has 0 aliphatic carbocycles. The molecule has 0 saturated carbocycles. The van der Waals surface area contributed by atoms with E-state index in [1.165, 1.54) is 31.2 Å². The predicted molar refractivity (Wildman–Crippen MR) is 75.1 cm³/mol.